The third kappa shape index (κ3) is 2.06. The average Bonchev–Trinajstić information content (AvgIpc) is 3.14. The molecule has 2 aliphatic rings. The molecule has 0 radical (unpaired) electrons. The number of hydrogen-bond acceptors (Lipinski definition) is 4. The van der Waals surface area contributed by atoms with E-state index in [2.05, 4.69) is 0 Å². The fourth-order valence-corrected chi connectivity index (χ4v) is 4.94. The van der Waals surface area contributed by atoms with E-state index in [9.17, 15) is 14.4 Å². The van der Waals surface area contributed by atoms with Gasteiger partial charge in [0, 0.05) is 18.7 Å². The zero-order chi connectivity index (χ0) is 21.2. The summed E-state index contributed by atoms with van der Waals surface area (Å²) in [5, 5.41) is 0.388. The lowest BCUT2D eigenvalue weighted by Crippen LogP contribution is -2.53. The van der Waals surface area contributed by atoms with Gasteiger partial charge in [-0.25, -0.2) is 0 Å². The first kappa shape index (κ1) is 18.6. The molecule has 0 N–H and O–H groups in total. The highest BCUT2D eigenvalue weighted by Crippen LogP contribution is 2.52. The number of rotatable bonds is 3. The van der Waals surface area contributed by atoms with E-state index in [0.717, 1.165) is 11.3 Å². The van der Waals surface area contributed by atoms with Gasteiger partial charge in [0.05, 0.1) is 16.6 Å². The number of benzene rings is 2. The van der Waals surface area contributed by atoms with Crippen LogP contribution in [0.4, 0.5) is 5.69 Å². The highest BCUT2D eigenvalue weighted by atomic mass is 16.3. The number of likely N-dealkylation sites (N-methyl/N-ethyl adjacent to an activating group) is 1. The summed E-state index contributed by atoms with van der Waals surface area (Å²) in [5.74, 6) is -0.704. The highest BCUT2D eigenvalue weighted by molar-refractivity contribution is 6.17. The smallest absolute Gasteiger partial charge is 0.291 e. The van der Waals surface area contributed by atoms with E-state index in [4.69, 9.17) is 4.42 Å². The predicted molar refractivity (Wildman–Crippen MR) is 114 cm³/mol. The third-order valence-electron chi connectivity index (χ3n) is 6.15. The minimum Gasteiger partial charge on any atom is -0.450 e. The third-order valence-corrected chi connectivity index (χ3v) is 6.15. The zero-order valence-electron chi connectivity index (χ0n) is 17.2. The van der Waals surface area contributed by atoms with Crippen LogP contribution in [0.25, 0.3) is 11.0 Å². The zero-order valence-corrected chi connectivity index (χ0v) is 17.2. The first-order chi connectivity index (χ1) is 14.5. The Balaban J connectivity index is 1.95. The second-order valence-corrected chi connectivity index (χ2v) is 7.87. The summed E-state index contributed by atoms with van der Waals surface area (Å²) in [6, 6.07) is 12.7. The van der Waals surface area contributed by atoms with Crippen LogP contribution in [0, 0.1) is 6.92 Å². The summed E-state index contributed by atoms with van der Waals surface area (Å²) in [6.07, 6.45) is 0.649. The van der Waals surface area contributed by atoms with E-state index >= 15 is 0 Å². The van der Waals surface area contributed by atoms with Gasteiger partial charge in [0.2, 0.25) is 5.76 Å². The number of carbonyl (C=O) groups excluding carboxylic acids is 2. The van der Waals surface area contributed by atoms with Crippen molar-refractivity contribution in [3.63, 3.8) is 0 Å². The Labute approximate surface area is 173 Å². The van der Waals surface area contributed by atoms with Crippen LogP contribution >= 0.6 is 0 Å². The lowest BCUT2D eigenvalue weighted by Gasteiger charge is -2.34. The predicted octanol–water partition coefficient (Wildman–Crippen LogP) is 3.58. The molecule has 0 saturated heterocycles. The summed E-state index contributed by atoms with van der Waals surface area (Å²) >= 11 is 0. The summed E-state index contributed by atoms with van der Waals surface area (Å²) in [7, 11) is 0. The van der Waals surface area contributed by atoms with Crippen molar-refractivity contribution in [1.29, 1.82) is 0 Å². The fraction of sp³-hybridized carbons (Fsp3) is 0.292. The van der Waals surface area contributed by atoms with Gasteiger partial charge in [0.25, 0.3) is 11.8 Å². The van der Waals surface area contributed by atoms with Crippen LogP contribution in [0.5, 0.6) is 0 Å². The molecule has 0 fully saturated rings. The molecular weight excluding hydrogens is 380 g/mol. The van der Waals surface area contributed by atoms with Crippen molar-refractivity contribution in [2.75, 3.05) is 18.0 Å². The number of fused-ring (bicyclic) bond motifs is 5. The molecule has 1 spiro atoms. The van der Waals surface area contributed by atoms with Crippen LogP contribution in [0.2, 0.25) is 0 Å². The van der Waals surface area contributed by atoms with Gasteiger partial charge in [-0.05, 0) is 38.5 Å². The maximum atomic E-state index is 13.9. The lowest BCUT2D eigenvalue weighted by molar-refractivity contribution is -0.126. The highest BCUT2D eigenvalue weighted by Gasteiger charge is 2.64. The molecule has 3 heterocycles. The van der Waals surface area contributed by atoms with Crippen LogP contribution in [-0.2, 0) is 10.3 Å². The second kappa shape index (κ2) is 6.29. The van der Waals surface area contributed by atoms with Crippen molar-refractivity contribution in [1.82, 2.24) is 4.90 Å². The summed E-state index contributed by atoms with van der Waals surface area (Å²) in [4.78, 5) is 44.4. The monoisotopic (exact) mass is 402 g/mol. The lowest BCUT2D eigenvalue weighted by atomic mass is 9.84. The number of anilines is 1. The Morgan fingerprint density at radius 3 is 2.53 bits per heavy atom. The van der Waals surface area contributed by atoms with Gasteiger partial charge in [-0.2, -0.15) is 0 Å². The van der Waals surface area contributed by atoms with Gasteiger partial charge in [0.15, 0.2) is 11.0 Å². The standard InChI is InChI=1S/C24H22N2O4/c1-4-12-26-22(28)21-19(20(27)15-13-14(3)10-11-18(15)30-21)24(26)16-8-6-7-9-17(16)25(5-2)23(24)29/h6-11,13H,4-5,12H2,1-3H3. The number of para-hydroxylation sites is 1. The van der Waals surface area contributed by atoms with Crippen LogP contribution in [0.15, 0.2) is 51.7 Å². The molecule has 6 heteroatoms. The van der Waals surface area contributed by atoms with Gasteiger partial charge in [-0.3, -0.25) is 14.4 Å². The minimum atomic E-state index is -1.48. The van der Waals surface area contributed by atoms with Crippen LogP contribution in [0.1, 0.15) is 47.5 Å². The minimum absolute atomic E-state index is 0.0223. The Morgan fingerprint density at radius 1 is 1.03 bits per heavy atom. The average molecular weight is 402 g/mol. The molecule has 2 aromatic carbocycles. The number of hydrogen-bond donors (Lipinski definition) is 0. The van der Waals surface area contributed by atoms with E-state index in [1.54, 1.807) is 17.0 Å². The Bertz CT molecular complexity index is 1290. The molecule has 1 atom stereocenters. The summed E-state index contributed by atoms with van der Waals surface area (Å²) in [6.45, 7) is 6.52. The van der Waals surface area contributed by atoms with Crippen LogP contribution in [-0.4, -0.2) is 29.8 Å². The van der Waals surface area contributed by atoms with Gasteiger partial charge in [0.1, 0.15) is 5.58 Å². The molecule has 3 aromatic rings. The van der Waals surface area contributed by atoms with E-state index in [1.807, 2.05) is 51.1 Å². The molecule has 5 rings (SSSR count). The van der Waals surface area contributed by atoms with Crippen molar-refractivity contribution in [3.05, 3.63) is 75.1 Å². The maximum Gasteiger partial charge on any atom is 0.291 e. The molecule has 0 bridgehead atoms. The van der Waals surface area contributed by atoms with Gasteiger partial charge in [-0.1, -0.05) is 36.8 Å². The molecule has 30 heavy (non-hydrogen) atoms. The maximum absolute atomic E-state index is 13.9. The quantitative estimate of drug-likeness (QED) is 0.671. The van der Waals surface area contributed by atoms with Crippen molar-refractivity contribution >= 4 is 28.5 Å². The van der Waals surface area contributed by atoms with Crippen molar-refractivity contribution in [3.8, 4) is 0 Å². The van der Waals surface area contributed by atoms with Crippen LogP contribution in [0.3, 0.4) is 0 Å². The summed E-state index contributed by atoms with van der Waals surface area (Å²) < 4.78 is 5.99. The van der Waals surface area contributed by atoms with Crippen molar-refractivity contribution in [2.45, 2.75) is 32.7 Å². The van der Waals surface area contributed by atoms with E-state index in [0.29, 0.717) is 36.0 Å². The Hall–Kier alpha value is -3.41. The number of aryl methyl sites for hydroxylation is 1. The molecule has 1 aromatic heterocycles. The van der Waals surface area contributed by atoms with Gasteiger partial charge in [-0.15, -0.1) is 0 Å². The van der Waals surface area contributed by atoms with E-state index < -0.39 is 11.4 Å². The molecule has 152 valence electrons. The molecule has 1 unspecified atom stereocenters. The van der Waals surface area contributed by atoms with Crippen LogP contribution < -0.4 is 10.3 Å². The largest absolute Gasteiger partial charge is 0.450 e. The number of carbonyl (C=O) groups is 2. The number of nitrogens with zero attached hydrogens (tertiary/aromatic N) is 2. The van der Waals surface area contributed by atoms with E-state index in [1.165, 1.54) is 4.90 Å². The Morgan fingerprint density at radius 2 is 1.80 bits per heavy atom. The molecule has 0 aliphatic carbocycles. The molecular formula is C24H22N2O4. The van der Waals surface area contributed by atoms with E-state index in [-0.39, 0.29) is 22.7 Å². The molecule has 0 saturated carbocycles. The van der Waals surface area contributed by atoms with Gasteiger partial charge >= 0.3 is 0 Å². The van der Waals surface area contributed by atoms with Crippen molar-refractivity contribution < 1.29 is 14.0 Å². The first-order valence-corrected chi connectivity index (χ1v) is 10.3. The topological polar surface area (TPSA) is 70.8 Å². The molecule has 2 amide bonds. The van der Waals surface area contributed by atoms with Crippen molar-refractivity contribution in [2.24, 2.45) is 0 Å². The SMILES string of the molecule is CCCN1C(=O)c2oc3ccc(C)cc3c(=O)c2C12C(=O)N(CC)c1ccccc12. The number of amides is 2. The molecule has 6 nitrogen and oxygen atoms in total. The first-order valence-electron chi connectivity index (χ1n) is 10.3. The van der Waals surface area contributed by atoms with Gasteiger partial charge < -0.3 is 14.2 Å². The normalized spacial score (nSPS) is 19.8. The Kier molecular flexibility index (Phi) is 3.90. The summed E-state index contributed by atoms with van der Waals surface area (Å²) in [5.41, 5.74) is 1.01. The fourth-order valence-electron chi connectivity index (χ4n) is 4.94. The molecule has 2 aliphatic heterocycles. The second-order valence-electron chi connectivity index (χ2n) is 7.87.